The molecule has 0 amide bonds. The van der Waals surface area contributed by atoms with E-state index in [9.17, 15) is 0 Å². The minimum atomic E-state index is 0.499. The van der Waals surface area contributed by atoms with Crippen molar-refractivity contribution in [2.45, 2.75) is 38.6 Å². The fraction of sp³-hybridized carbons (Fsp3) is 0.400. The van der Waals surface area contributed by atoms with E-state index in [4.69, 9.17) is 10.5 Å². The average Bonchev–Trinajstić information content (AvgIpc) is 2.77. The molecule has 3 N–H and O–H groups in total. The Morgan fingerprint density at radius 3 is 2.76 bits per heavy atom. The molecule has 0 radical (unpaired) electrons. The number of rotatable bonds is 7. The second-order valence-corrected chi connectivity index (χ2v) is 8.06. The monoisotopic (exact) mass is 389 g/mol. The number of piperidine rings is 1. The van der Waals surface area contributed by atoms with E-state index in [-0.39, 0.29) is 0 Å². The lowest BCUT2D eigenvalue weighted by atomic mass is 9.78. The van der Waals surface area contributed by atoms with Gasteiger partial charge in [-0.3, -0.25) is 4.98 Å². The lowest BCUT2D eigenvalue weighted by molar-refractivity contribution is 0.249. The molecule has 29 heavy (non-hydrogen) atoms. The molecule has 1 unspecified atom stereocenters. The Morgan fingerprint density at radius 2 is 1.93 bits per heavy atom. The lowest BCUT2D eigenvalue weighted by Gasteiger charge is -2.31. The standard InChI is InChI=1S/C25H31N3O/c1-18-8-9-23-24(28-18)6-3-7-25(23)29-15-12-22(20-10-13-27-14-11-20)21-5-2-4-19(16-21)17-26/h2-9,16,20,22,27H,10-15,17,26H2,1H3. The van der Waals surface area contributed by atoms with Crippen LogP contribution in [0.1, 0.15) is 42.0 Å². The van der Waals surface area contributed by atoms with Crippen LogP contribution in [0, 0.1) is 12.8 Å². The minimum absolute atomic E-state index is 0.499. The molecular formula is C25H31N3O. The number of nitrogens with zero attached hydrogens (tertiary/aromatic N) is 1. The Hall–Kier alpha value is -2.43. The number of hydrogen-bond acceptors (Lipinski definition) is 4. The zero-order chi connectivity index (χ0) is 20.1. The van der Waals surface area contributed by atoms with E-state index in [1.54, 1.807) is 0 Å². The van der Waals surface area contributed by atoms with Crippen LogP contribution < -0.4 is 15.8 Å². The quantitative estimate of drug-likeness (QED) is 0.622. The van der Waals surface area contributed by atoms with E-state index < -0.39 is 0 Å². The van der Waals surface area contributed by atoms with Gasteiger partial charge < -0.3 is 15.8 Å². The maximum atomic E-state index is 6.28. The van der Waals surface area contributed by atoms with Gasteiger partial charge in [-0.1, -0.05) is 30.3 Å². The highest BCUT2D eigenvalue weighted by Gasteiger charge is 2.25. The number of aromatic nitrogens is 1. The highest BCUT2D eigenvalue weighted by Crippen LogP contribution is 2.35. The maximum absolute atomic E-state index is 6.28. The molecule has 1 fully saturated rings. The summed E-state index contributed by atoms with van der Waals surface area (Å²) in [4.78, 5) is 4.62. The summed E-state index contributed by atoms with van der Waals surface area (Å²) in [6.45, 7) is 5.52. The number of benzene rings is 2. The van der Waals surface area contributed by atoms with E-state index >= 15 is 0 Å². The number of nitrogens with one attached hydrogen (secondary N) is 1. The normalized spacial score (nSPS) is 16.1. The molecule has 0 saturated carbocycles. The molecule has 4 rings (SSSR count). The molecule has 1 aromatic heterocycles. The first-order chi connectivity index (χ1) is 14.2. The summed E-state index contributed by atoms with van der Waals surface area (Å²) in [6.07, 6.45) is 3.44. The zero-order valence-electron chi connectivity index (χ0n) is 17.2. The first kappa shape index (κ1) is 19.9. The summed E-state index contributed by atoms with van der Waals surface area (Å²) >= 11 is 0. The molecule has 0 aliphatic carbocycles. The molecule has 4 heteroatoms. The maximum Gasteiger partial charge on any atom is 0.128 e. The third-order valence-corrected chi connectivity index (χ3v) is 6.09. The minimum Gasteiger partial charge on any atom is -0.493 e. The third-order valence-electron chi connectivity index (χ3n) is 6.09. The number of ether oxygens (including phenoxy) is 1. The average molecular weight is 390 g/mol. The van der Waals surface area contributed by atoms with Gasteiger partial charge in [0, 0.05) is 17.6 Å². The van der Waals surface area contributed by atoms with E-state index in [2.05, 4.69) is 40.6 Å². The molecule has 3 aromatic rings. The van der Waals surface area contributed by atoms with Crippen molar-refractivity contribution in [1.29, 1.82) is 0 Å². The Bertz CT molecular complexity index is 950. The topological polar surface area (TPSA) is 60.2 Å². The van der Waals surface area contributed by atoms with Gasteiger partial charge in [-0.25, -0.2) is 0 Å². The largest absolute Gasteiger partial charge is 0.493 e. The van der Waals surface area contributed by atoms with Crippen LogP contribution in [-0.4, -0.2) is 24.7 Å². The summed E-state index contributed by atoms with van der Waals surface area (Å²) in [7, 11) is 0. The van der Waals surface area contributed by atoms with Gasteiger partial charge in [0.15, 0.2) is 0 Å². The molecule has 1 saturated heterocycles. The van der Waals surface area contributed by atoms with Gasteiger partial charge in [0.25, 0.3) is 0 Å². The van der Waals surface area contributed by atoms with Crippen LogP contribution in [-0.2, 0) is 6.54 Å². The van der Waals surface area contributed by atoms with Crippen LogP contribution in [0.3, 0.4) is 0 Å². The summed E-state index contributed by atoms with van der Waals surface area (Å²) < 4.78 is 6.28. The Balaban J connectivity index is 1.51. The second kappa shape index (κ2) is 9.38. The van der Waals surface area contributed by atoms with Gasteiger partial charge >= 0.3 is 0 Å². The van der Waals surface area contributed by atoms with Crippen molar-refractivity contribution in [3.63, 3.8) is 0 Å². The van der Waals surface area contributed by atoms with Crippen molar-refractivity contribution < 1.29 is 4.74 Å². The SMILES string of the molecule is Cc1ccc2c(OCCC(c3cccc(CN)c3)C3CCNCC3)cccc2n1. The third kappa shape index (κ3) is 4.77. The van der Waals surface area contributed by atoms with Crippen LogP contribution in [0.15, 0.2) is 54.6 Å². The van der Waals surface area contributed by atoms with Gasteiger partial charge in [-0.05, 0) is 86.5 Å². The summed E-state index contributed by atoms with van der Waals surface area (Å²) in [5.41, 5.74) is 10.5. The van der Waals surface area contributed by atoms with E-state index in [0.717, 1.165) is 41.9 Å². The first-order valence-electron chi connectivity index (χ1n) is 10.7. The molecule has 0 bridgehead atoms. The Kier molecular flexibility index (Phi) is 6.43. The van der Waals surface area contributed by atoms with Gasteiger partial charge in [-0.2, -0.15) is 0 Å². The van der Waals surface area contributed by atoms with Crippen molar-refractivity contribution >= 4 is 10.9 Å². The second-order valence-electron chi connectivity index (χ2n) is 8.06. The van der Waals surface area contributed by atoms with Crippen LogP contribution in [0.2, 0.25) is 0 Å². The number of hydrogen-bond donors (Lipinski definition) is 2. The fourth-order valence-electron chi connectivity index (χ4n) is 4.52. The number of aryl methyl sites for hydroxylation is 1. The van der Waals surface area contributed by atoms with Gasteiger partial charge in [0.2, 0.25) is 0 Å². The zero-order valence-corrected chi connectivity index (χ0v) is 17.2. The van der Waals surface area contributed by atoms with Crippen LogP contribution in [0.25, 0.3) is 10.9 Å². The highest BCUT2D eigenvalue weighted by molar-refractivity contribution is 5.85. The predicted molar refractivity (Wildman–Crippen MR) is 119 cm³/mol. The van der Waals surface area contributed by atoms with E-state index in [0.29, 0.717) is 25.0 Å². The molecule has 1 atom stereocenters. The molecule has 152 valence electrons. The number of fused-ring (bicyclic) bond motifs is 1. The molecule has 0 spiro atoms. The molecule has 2 heterocycles. The van der Waals surface area contributed by atoms with Crippen LogP contribution in [0.5, 0.6) is 5.75 Å². The van der Waals surface area contributed by atoms with E-state index in [1.165, 1.54) is 24.0 Å². The smallest absolute Gasteiger partial charge is 0.128 e. The summed E-state index contributed by atoms with van der Waals surface area (Å²) in [5.74, 6) is 2.11. The molecular weight excluding hydrogens is 358 g/mol. The van der Waals surface area contributed by atoms with Crippen molar-refractivity contribution in [3.05, 3.63) is 71.4 Å². The van der Waals surface area contributed by atoms with Crippen molar-refractivity contribution in [1.82, 2.24) is 10.3 Å². The van der Waals surface area contributed by atoms with Gasteiger partial charge in [0.1, 0.15) is 5.75 Å². The van der Waals surface area contributed by atoms with Crippen LogP contribution >= 0.6 is 0 Å². The predicted octanol–water partition coefficient (Wildman–Crippen LogP) is 4.55. The number of nitrogens with two attached hydrogens (primary N) is 1. The summed E-state index contributed by atoms with van der Waals surface area (Å²) in [6, 6.07) is 19.1. The number of pyridine rings is 1. The van der Waals surface area contributed by atoms with E-state index in [1.807, 2.05) is 31.2 Å². The molecule has 1 aliphatic rings. The summed E-state index contributed by atoms with van der Waals surface area (Å²) in [5, 5.41) is 4.58. The van der Waals surface area contributed by atoms with Crippen molar-refractivity contribution in [3.8, 4) is 5.75 Å². The van der Waals surface area contributed by atoms with Crippen LogP contribution in [0.4, 0.5) is 0 Å². The first-order valence-corrected chi connectivity index (χ1v) is 10.7. The molecule has 4 nitrogen and oxygen atoms in total. The van der Waals surface area contributed by atoms with Gasteiger partial charge in [0.05, 0.1) is 12.1 Å². The highest BCUT2D eigenvalue weighted by atomic mass is 16.5. The Morgan fingerprint density at radius 1 is 1.10 bits per heavy atom. The van der Waals surface area contributed by atoms with Crippen molar-refractivity contribution in [2.24, 2.45) is 11.7 Å². The fourth-order valence-corrected chi connectivity index (χ4v) is 4.52. The Labute approximate surface area is 173 Å². The molecule has 1 aliphatic heterocycles. The van der Waals surface area contributed by atoms with Gasteiger partial charge in [-0.15, -0.1) is 0 Å². The molecule has 2 aromatic carbocycles. The van der Waals surface area contributed by atoms with Crippen molar-refractivity contribution in [2.75, 3.05) is 19.7 Å². The lowest BCUT2D eigenvalue weighted by Crippen LogP contribution is -2.31.